The average Bonchev–Trinajstić information content (AvgIpc) is 3.08. The summed E-state index contributed by atoms with van der Waals surface area (Å²) in [5, 5.41) is 11.6. The summed E-state index contributed by atoms with van der Waals surface area (Å²) in [5.41, 5.74) is 1.91. The van der Waals surface area contributed by atoms with E-state index in [1.807, 2.05) is 44.2 Å². The predicted molar refractivity (Wildman–Crippen MR) is 106 cm³/mol. The number of thiophene rings is 1. The molecule has 0 bridgehead atoms. The molecule has 1 heterocycles. The minimum absolute atomic E-state index is 0.0496. The number of anilines is 1. The molecule has 0 unspecified atom stereocenters. The minimum atomic E-state index is 0.0496. The molecule has 5 nitrogen and oxygen atoms in total. The fourth-order valence-corrected chi connectivity index (χ4v) is 2.98. The van der Waals surface area contributed by atoms with Crippen molar-refractivity contribution in [2.45, 2.75) is 33.4 Å². The van der Waals surface area contributed by atoms with E-state index in [-0.39, 0.29) is 5.91 Å². The highest BCUT2D eigenvalue weighted by Gasteiger charge is 2.06. The lowest BCUT2D eigenvalue weighted by atomic mass is 10.1. The number of carbonyl (C=O) groups excluding carboxylic acids is 1. The minimum Gasteiger partial charge on any atom is -0.352 e. The van der Waals surface area contributed by atoms with E-state index in [1.165, 1.54) is 4.88 Å². The normalized spacial score (nSPS) is 11.4. The van der Waals surface area contributed by atoms with Gasteiger partial charge >= 0.3 is 0 Å². The van der Waals surface area contributed by atoms with Crippen molar-refractivity contribution in [3.05, 3.63) is 52.2 Å². The van der Waals surface area contributed by atoms with Crippen LogP contribution in [0.3, 0.4) is 0 Å². The molecule has 2 aromatic rings. The zero-order valence-corrected chi connectivity index (χ0v) is 15.8. The van der Waals surface area contributed by atoms with E-state index in [1.54, 1.807) is 18.4 Å². The van der Waals surface area contributed by atoms with Gasteiger partial charge in [0.05, 0.1) is 6.54 Å². The van der Waals surface area contributed by atoms with Crippen LogP contribution in [0.1, 0.15) is 30.7 Å². The van der Waals surface area contributed by atoms with Gasteiger partial charge in [0, 0.05) is 30.6 Å². The molecule has 0 spiro atoms. The third kappa shape index (κ3) is 6.97. The number of nitrogens with one attached hydrogen (secondary N) is 3. The lowest BCUT2D eigenvalue weighted by Crippen LogP contribution is -2.36. The molecule has 0 saturated carbocycles. The highest BCUT2D eigenvalue weighted by molar-refractivity contribution is 7.09. The van der Waals surface area contributed by atoms with Crippen molar-refractivity contribution in [2.75, 3.05) is 12.4 Å². The van der Waals surface area contributed by atoms with Crippen molar-refractivity contribution >= 4 is 28.9 Å². The van der Waals surface area contributed by atoms with Crippen LogP contribution in [0.15, 0.2) is 46.8 Å². The number of hydrogen-bond donors (Lipinski definition) is 3. The van der Waals surface area contributed by atoms with Crippen LogP contribution in [-0.2, 0) is 17.9 Å². The van der Waals surface area contributed by atoms with Crippen molar-refractivity contribution < 1.29 is 4.79 Å². The summed E-state index contributed by atoms with van der Waals surface area (Å²) in [4.78, 5) is 17.4. The largest absolute Gasteiger partial charge is 0.352 e. The first-order chi connectivity index (χ1) is 12.1. The van der Waals surface area contributed by atoms with E-state index >= 15 is 0 Å². The van der Waals surface area contributed by atoms with Crippen LogP contribution < -0.4 is 16.0 Å². The Labute approximate surface area is 153 Å². The van der Waals surface area contributed by atoms with Crippen LogP contribution in [0.5, 0.6) is 0 Å². The molecular weight excluding hydrogens is 332 g/mol. The van der Waals surface area contributed by atoms with Gasteiger partial charge in [0.25, 0.3) is 0 Å². The summed E-state index contributed by atoms with van der Waals surface area (Å²) in [5.74, 6) is 1.15. The molecule has 6 heteroatoms. The smallest absolute Gasteiger partial charge is 0.224 e. The number of aliphatic imine (C=N–C) groups is 1. The summed E-state index contributed by atoms with van der Waals surface area (Å²) < 4.78 is 0. The van der Waals surface area contributed by atoms with E-state index in [0.29, 0.717) is 18.9 Å². The molecule has 2 rings (SSSR count). The fraction of sp³-hybridized carbons (Fsp3) is 0.368. The maximum absolute atomic E-state index is 11.9. The lowest BCUT2D eigenvalue weighted by molar-refractivity contribution is -0.116. The van der Waals surface area contributed by atoms with Gasteiger partial charge in [0.15, 0.2) is 5.96 Å². The number of nitrogens with zero attached hydrogens (tertiary/aromatic N) is 1. The summed E-state index contributed by atoms with van der Waals surface area (Å²) in [6.07, 6.45) is 0.530. The number of carbonyl (C=O) groups is 1. The monoisotopic (exact) mass is 358 g/mol. The van der Waals surface area contributed by atoms with Crippen LogP contribution in [-0.4, -0.2) is 18.9 Å². The Morgan fingerprint density at radius 2 is 1.96 bits per heavy atom. The van der Waals surface area contributed by atoms with Gasteiger partial charge in [-0.2, -0.15) is 0 Å². The highest BCUT2D eigenvalue weighted by Crippen LogP contribution is 2.12. The molecule has 1 aromatic carbocycles. The quantitative estimate of drug-likeness (QED) is 0.523. The zero-order valence-electron chi connectivity index (χ0n) is 15.0. The summed E-state index contributed by atoms with van der Waals surface area (Å²) in [6.45, 7) is 5.46. The van der Waals surface area contributed by atoms with Gasteiger partial charge in [-0.1, -0.05) is 32.0 Å². The van der Waals surface area contributed by atoms with E-state index < -0.39 is 0 Å². The molecular formula is C19H26N4OS. The second-order valence-corrected chi connectivity index (χ2v) is 7.24. The maximum atomic E-state index is 11.9. The van der Waals surface area contributed by atoms with E-state index in [0.717, 1.165) is 23.8 Å². The molecule has 25 heavy (non-hydrogen) atoms. The van der Waals surface area contributed by atoms with Crippen LogP contribution in [0.4, 0.5) is 5.69 Å². The van der Waals surface area contributed by atoms with Gasteiger partial charge in [0.2, 0.25) is 5.91 Å². The predicted octanol–water partition coefficient (Wildman–Crippen LogP) is 3.60. The van der Waals surface area contributed by atoms with Crippen LogP contribution >= 0.6 is 11.3 Å². The topological polar surface area (TPSA) is 65.5 Å². The summed E-state index contributed by atoms with van der Waals surface area (Å²) in [6, 6.07) is 12.0. The second kappa shape index (κ2) is 9.84. The van der Waals surface area contributed by atoms with Crippen molar-refractivity contribution in [1.29, 1.82) is 0 Å². The van der Waals surface area contributed by atoms with Crippen molar-refractivity contribution in [3.63, 3.8) is 0 Å². The first-order valence-electron chi connectivity index (χ1n) is 8.42. The number of guanidine groups is 1. The van der Waals surface area contributed by atoms with Gasteiger partial charge in [0.1, 0.15) is 0 Å². The molecule has 3 N–H and O–H groups in total. The first kappa shape index (κ1) is 19.0. The second-order valence-electron chi connectivity index (χ2n) is 6.21. The van der Waals surface area contributed by atoms with Crippen LogP contribution in [0.2, 0.25) is 0 Å². The van der Waals surface area contributed by atoms with Gasteiger partial charge in [-0.15, -0.1) is 11.3 Å². The average molecular weight is 359 g/mol. The SMILES string of the molecule is CN=C(NCc1cccc(NC(=O)CC(C)C)c1)NCc1cccs1. The highest BCUT2D eigenvalue weighted by atomic mass is 32.1. The van der Waals surface area contributed by atoms with Crippen molar-refractivity contribution in [1.82, 2.24) is 10.6 Å². The Morgan fingerprint density at radius 3 is 2.64 bits per heavy atom. The number of hydrogen-bond acceptors (Lipinski definition) is 3. The molecule has 0 fully saturated rings. The molecule has 0 saturated heterocycles. The van der Waals surface area contributed by atoms with Gasteiger partial charge in [-0.25, -0.2) is 0 Å². The molecule has 0 radical (unpaired) electrons. The maximum Gasteiger partial charge on any atom is 0.224 e. The van der Waals surface area contributed by atoms with Gasteiger partial charge in [-0.3, -0.25) is 9.79 Å². The first-order valence-corrected chi connectivity index (χ1v) is 9.30. The van der Waals surface area contributed by atoms with Crippen LogP contribution in [0.25, 0.3) is 0 Å². The Kier molecular flexibility index (Phi) is 7.47. The van der Waals surface area contributed by atoms with E-state index in [9.17, 15) is 4.79 Å². The fourth-order valence-electron chi connectivity index (χ4n) is 2.33. The Hall–Kier alpha value is -2.34. The summed E-state index contributed by atoms with van der Waals surface area (Å²) >= 11 is 1.72. The van der Waals surface area contributed by atoms with Crippen molar-refractivity contribution in [3.8, 4) is 0 Å². The molecule has 0 aliphatic carbocycles. The number of benzene rings is 1. The molecule has 0 aliphatic rings. The number of rotatable bonds is 7. The molecule has 0 aliphatic heterocycles. The van der Waals surface area contributed by atoms with Gasteiger partial charge < -0.3 is 16.0 Å². The zero-order chi connectivity index (χ0) is 18.1. The van der Waals surface area contributed by atoms with Crippen LogP contribution in [0, 0.1) is 5.92 Å². The molecule has 1 aromatic heterocycles. The Balaban J connectivity index is 1.84. The Bertz CT molecular complexity index is 695. The third-order valence-electron chi connectivity index (χ3n) is 3.50. The molecule has 134 valence electrons. The van der Waals surface area contributed by atoms with Crippen molar-refractivity contribution in [2.24, 2.45) is 10.9 Å². The van der Waals surface area contributed by atoms with Gasteiger partial charge in [-0.05, 0) is 35.1 Å². The summed E-state index contributed by atoms with van der Waals surface area (Å²) in [7, 11) is 1.76. The lowest BCUT2D eigenvalue weighted by Gasteiger charge is -2.12. The Morgan fingerprint density at radius 1 is 1.16 bits per heavy atom. The van der Waals surface area contributed by atoms with E-state index in [2.05, 4.69) is 32.4 Å². The third-order valence-corrected chi connectivity index (χ3v) is 4.37. The molecule has 0 atom stereocenters. The molecule has 1 amide bonds. The van der Waals surface area contributed by atoms with E-state index in [4.69, 9.17) is 0 Å². The standard InChI is InChI=1S/C19H26N4OS/c1-14(2)10-18(24)23-16-7-4-6-15(11-16)12-21-19(20-3)22-13-17-8-5-9-25-17/h4-9,11,14H,10,12-13H2,1-3H3,(H,23,24)(H2,20,21,22). The number of amides is 1.